The molecule has 0 spiro atoms. The van der Waals surface area contributed by atoms with Crippen molar-refractivity contribution in [1.29, 1.82) is 0 Å². The lowest BCUT2D eigenvalue weighted by Gasteiger charge is -2.11. The second kappa shape index (κ2) is 9.16. The molecule has 0 radical (unpaired) electrons. The minimum absolute atomic E-state index is 0.258. The highest BCUT2D eigenvalue weighted by atomic mass is 31.0. The van der Waals surface area contributed by atoms with Gasteiger partial charge in [0.05, 0.1) is 17.8 Å². The second-order valence-corrected chi connectivity index (χ2v) is 9.02. The minimum atomic E-state index is -0.258. The zero-order valence-corrected chi connectivity index (χ0v) is 19.3. The molecule has 0 aliphatic carbocycles. The predicted octanol–water partition coefficient (Wildman–Crippen LogP) is 6.94. The van der Waals surface area contributed by atoms with Gasteiger partial charge in [0.25, 0.3) is 0 Å². The zero-order chi connectivity index (χ0) is 22.0. The predicted molar refractivity (Wildman–Crippen MR) is 132 cm³/mol. The van der Waals surface area contributed by atoms with E-state index in [0.717, 1.165) is 50.8 Å². The Bertz CT molecular complexity index is 1220. The Morgan fingerprint density at radius 1 is 0.935 bits per heavy atom. The lowest BCUT2D eigenvalue weighted by atomic mass is 10.0. The fourth-order valence-electron chi connectivity index (χ4n) is 3.61. The van der Waals surface area contributed by atoms with Crippen LogP contribution in [-0.4, -0.2) is 11.6 Å². The topological polar surface area (TPSA) is 22.1 Å². The van der Waals surface area contributed by atoms with Gasteiger partial charge in [0.15, 0.2) is 0 Å². The smallest absolute Gasteiger partial charge is 0.131 e. The van der Waals surface area contributed by atoms with E-state index in [1.54, 1.807) is 6.07 Å². The van der Waals surface area contributed by atoms with Crippen LogP contribution in [0.2, 0.25) is 0 Å². The third kappa shape index (κ3) is 4.94. The van der Waals surface area contributed by atoms with Crippen molar-refractivity contribution in [3.05, 3.63) is 78.1 Å². The summed E-state index contributed by atoms with van der Waals surface area (Å²) >= 11 is 0. The number of ether oxygens (including phenoxy) is 1. The van der Waals surface area contributed by atoms with Gasteiger partial charge >= 0.3 is 0 Å². The van der Waals surface area contributed by atoms with E-state index in [0.29, 0.717) is 18.1 Å². The van der Waals surface area contributed by atoms with Gasteiger partial charge in [-0.25, -0.2) is 9.37 Å². The molecule has 1 atom stereocenters. The van der Waals surface area contributed by atoms with Crippen LogP contribution in [0.3, 0.4) is 0 Å². The zero-order valence-electron chi connectivity index (χ0n) is 18.2. The summed E-state index contributed by atoms with van der Waals surface area (Å²) in [6.45, 7) is 7.10. The van der Waals surface area contributed by atoms with Crippen molar-refractivity contribution < 1.29 is 9.13 Å². The lowest BCUT2D eigenvalue weighted by Crippen LogP contribution is -2.01. The number of fused-ring (bicyclic) bond motifs is 1. The van der Waals surface area contributed by atoms with Crippen LogP contribution in [0.5, 0.6) is 5.75 Å². The Labute approximate surface area is 185 Å². The highest BCUT2D eigenvalue weighted by Gasteiger charge is 2.11. The molecule has 0 bridgehead atoms. The molecule has 0 saturated carbocycles. The largest absolute Gasteiger partial charge is 0.494 e. The summed E-state index contributed by atoms with van der Waals surface area (Å²) in [5.41, 5.74) is 5.00. The van der Waals surface area contributed by atoms with Crippen molar-refractivity contribution in [2.75, 3.05) is 6.61 Å². The van der Waals surface area contributed by atoms with Gasteiger partial charge < -0.3 is 4.74 Å². The van der Waals surface area contributed by atoms with Crippen LogP contribution in [0, 0.1) is 18.7 Å². The van der Waals surface area contributed by atoms with E-state index >= 15 is 4.39 Å². The highest BCUT2D eigenvalue weighted by molar-refractivity contribution is 7.27. The van der Waals surface area contributed by atoms with Crippen LogP contribution in [0.25, 0.3) is 33.3 Å². The average Bonchev–Trinajstić information content (AvgIpc) is 2.74. The molecule has 2 nitrogen and oxygen atoms in total. The summed E-state index contributed by atoms with van der Waals surface area (Å²) in [5, 5.41) is 2.24. The van der Waals surface area contributed by atoms with E-state index in [-0.39, 0.29) is 5.82 Å². The maximum Gasteiger partial charge on any atom is 0.131 e. The van der Waals surface area contributed by atoms with E-state index in [2.05, 4.69) is 36.1 Å². The van der Waals surface area contributed by atoms with E-state index in [9.17, 15) is 0 Å². The highest BCUT2D eigenvalue weighted by Crippen LogP contribution is 2.30. The van der Waals surface area contributed by atoms with Crippen LogP contribution in [0.15, 0.2) is 66.7 Å². The Kier molecular flexibility index (Phi) is 6.34. The van der Waals surface area contributed by atoms with Crippen molar-refractivity contribution in [3.8, 4) is 28.1 Å². The quantitative estimate of drug-likeness (QED) is 0.309. The molecule has 4 rings (SSSR count). The molecule has 1 unspecified atom stereocenters. The molecule has 1 heterocycles. The standard InChI is InChI=1S/C27H27FNOP/c1-17(2)12-13-30-21-7-4-19(5-8-21)23-10-6-20(15-25(23)28)27-14-18(3)24-16-22(31)9-11-26(24)29-27/h4-11,14-17H,12-13,31H2,1-3H3. The van der Waals surface area contributed by atoms with Crippen molar-refractivity contribution in [2.24, 2.45) is 5.92 Å². The van der Waals surface area contributed by atoms with Gasteiger partial charge in [-0.1, -0.05) is 44.2 Å². The molecule has 0 N–H and O–H groups in total. The number of hydrogen-bond acceptors (Lipinski definition) is 2. The molecule has 0 amide bonds. The van der Waals surface area contributed by atoms with Gasteiger partial charge in [0, 0.05) is 16.5 Å². The van der Waals surface area contributed by atoms with E-state index < -0.39 is 0 Å². The maximum absolute atomic E-state index is 15.0. The van der Waals surface area contributed by atoms with Gasteiger partial charge in [-0.3, -0.25) is 0 Å². The molecule has 158 valence electrons. The van der Waals surface area contributed by atoms with Crippen LogP contribution in [-0.2, 0) is 0 Å². The molecule has 1 aromatic heterocycles. The van der Waals surface area contributed by atoms with Crippen LogP contribution in [0.4, 0.5) is 4.39 Å². The second-order valence-electron chi connectivity index (χ2n) is 8.35. The van der Waals surface area contributed by atoms with Crippen LogP contribution < -0.4 is 10.0 Å². The van der Waals surface area contributed by atoms with Crippen LogP contribution in [0.1, 0.15) is 25.8 Å². The summed E-state index contributed by atoms with van der Waals surface area (Å²) in [6.07, 6.45) is 1.01. The molecule has 0 fully saturated rings. The Balaban J connectivity index is 1.58. The molecular formula is C27H27FNOP. The van der Waals surface area contributed by atoms with E-state index in [1.165, 1.54) is 0 Å². The number of pyridine rings is 1. The van der Waals surface area contributed by atoms with Gasteiger partial charge in [0.1, 0.15) is 11.6 Å². The number of rotatable bonds is 6. The molecular weight excluding hydrogens is 404 g/mol. The van der Waals surface area contributed by atoms with Gasteiger partial charge in [0.2, 0.25) is 0 Å². The summed E-state index contributed by atoms with van der Waals surface area (Å²) in [7, 11) is 2.71. The Morgan fingerprint density at radius 2 is 1.68 bits per heavy atom. The fourth-order valence-corrected chi connectivity index (χ4v) is 3.87. The van der Waals surface area contributed by atoms with E-state index in [1.807, 2.05) is 54.6 Å². The van der Waals surface area contributed by atoms with Crippen molar-refractivity contribution in [1.82, 2.24) is 4.98 Å². The first kappa shape index (κ1) is 21.5. The van der Waals surface area contributed by atoms with Gasteiger partial charge in [-0.15, -0.1) is 9.24 Å². The molecule has 0 aliphatic rings. The van der Waals surface area contributed by atoms with Crippen molar-refractivity contribution in [3.63, 3.8) is 0 Å². The van der Waals surface area contributed by atoms with Crippen molar-refractivity contribution in [2.45, 2.75) is 27.2 Å². The number of nitrogens with zero attached hydrogens (tertiary/aromatic N) is 1. The Hall–Kier alpha value is -2.77. The first-order valence-corrected chi connectivity index (χ1v) is 11.2. The minimum Gasteiger partial charge on any atom is -0.494 e. The number of aryl methyl sites for hydroxylation is 1. The summed E-state index contributed by atoms with van der Waals surface area (Å²) in [5.74, 6) is 1.16. The molecule has 0 aliphatic heterocycles. The normalized spacial score (nSPS) is 11.3. The lowest BCUT2D eigenvalue weighted by molar-refractivity contribution is 0.289. The SMILES string of the molecule is Cc1cc(-c2ccc(-c3ccc(OCCC(C)C)cc3)c(F)c2)nc2ccc(P)cc12. The number of halogens is 1. The first-order valence-electron chi connectivity index (χ1n) is 10.6. The van der Waals surface area contributed by atoms with Gasteiger partial charge in [-0.05, 0) is 72.1 Å². The van der Waals surface area contributed by atoms with Crippen LogP contribution >= 0.6 is 9.24 Å². The first-order chi connectivity index (χ1) is 14.9. The van der Waals surface area contributed by atoms with Gasteiger partial charge in [-0.2, -0.15) is 0 Å². The number of benzene rings is 3. The number of hydrogen-bond donors (Lipinski definition) is 0. The third-order valence-corrected chi connectivity index (χ3v) is 5.79. The summed E-state index contributed by atoms with van der Waals surface area (Å²) in [6, 6.07) is 21.1. The third-order valence-electron chi connectivity index (χ3n) is 5.43. The monoisotopic (exact) mass is 431 g/mol. The fraction of sp³-hybridized carbons (Fsp3) is 0.222. The Morgan fingerprint density at radius 3 is 2.39 bits per heavy atom. The molecule has 3 aromatic carbocycles. The molecule has 4 aromatic rings. The van der Waals surface area contributed by atoms with Crippen molar-refractivity contribution >= 4 is 25.4 Å². The number of aromatic nitrogens is 1. The summed E-state index contributed by atoms with van der Waals surface area (Å²) in [4.78, 5) is 4.75. The molecule has 31 heavy (non-hydrogen) atoms. The maximum atomic E-state index is 15.0. The average molecular weight is 431 g/mol. The molecule has 4 heteroatoms. The molecule has 0 saturated heterocycles. The van der Waals surface area contributed by atoms with E-state index in [4.69, 9.17) is 9.72 Å². The summed E-state index contributed by atoms with van der Waals surface area (Å²) < 4.78 is 20.8.